The molecule has 0 fully saturated rings. The van der Waals surface area contributed by atoms with Crippen molar-refractivity contribution in [3.63, 3.8) is 0 Å². The fourth-order valence-corrected chi connectivity index (χ4v) is 8.55. The van der Waals surface area contributed by atoms with Gasteiger partial charge in [0.1, 0.15) is 11.5 Å². The van der Waals surface area contributed by atoms with Crippen LogP contribution in [-0.4, -0.2) is 41.9 Å². The van der Waals surface area contributed by atoms with Gasteiger partial charge in [0.2, 0.25) is 11.8 Å². The van der Waals surface area contributed by atoms with Crippen molar-refractivity contribution in [2.75, 3.05) is 47.0 Å². The third-order valence-corrected chi connectivity index (χ3v) is 11.8. The lowest BCUT2D eigenvalue weighted by atomic mass is 9.88. The van der Waals surface area contributed by atoms with E-state index in [9.17, 15) is 0 Å². The van der Waals surface area contributed by atoms with Crippen LogP contribution in [0.25, 0.3) is 27.5 Å². The highest BCUT2D eigenvalue weighted by atomic mass is 16.5. The van der Waals surface area contributed by atoms with Crippen molar-refractivity contribution in [1.29, 1.82) is 0 Å². The molecule has 0 saturated heterocycles. The number of pyridine rings is 2. The van der Waals surface area contributed by atoms with Crippen LogP contribution < -0.4 is 29.1 Å². The van der Waals surface area contributed by atoms with E-state index in [-0.39, 0.29) is 17.5 Å². The molecule has 306 valence electrons. The Morgan fingerprint density at radius 2 is 0.967 bits per heavy atom. The molecule has 9 nitrogen and oxygen atoms in total. The zero-order chi connectivity index (χ0) is 44.7. The summed E-state index contributed by atoms with van der Waals surface area (Å²) < 4.78 is 40.8. The lowest BCUT2D eigenvalue weighted by molar-refractivity contribution is 0.438. The molecule has 5 aromatic carbocycles. The summed E-state index contributed by atoms with van der Waals surface area (Å²) in [6.07, 6.45) is 3.57. The van der Waals surface area contributed by atoms with Gasteiger partial charge < -0.3 is 33.6 Å². The number of hydrogen-bond acceptors (Lipinski definition) is 8. The minimum absolute atomic E-state index is 0.111. The van der Waals surface area contributed by atoms with Crippen molar-refractivity contribution in [3.8, 4) is 28.9 Å². The second kappa shape index (κ2) is 14.3. The smallest absolute Gasteiger partial charge is 0.219 e. The first-order valence-electron chi connectivity index (χ1n) is 22.2. The number of aromatic nitrogens is 3. The van der Waals surface area contributed by atoms with Crippen LogP contribution >= 0.6 is 0 Å². The molecule has 0 radical (unpaired) electrons. The lowest BCUT2D eigenvalue weighted by Gasteiger charge is -2.21. The maximum Gasteiger partial charge on any atom is 0.219 e. The zero-order valence-corrected chi connectivity index (χ0v) is 35.6. The Balaban J connectivity index is 1.19. The topological polar surface area (TPSA) is 62.1 Å². The number of para-hydroxylation sites is 4. The molecular formula is C52H51N7O2. The Bertz CT molecular complexity index is 3020. The Morgan fingerprint density at radius 1 is 0.508 bits per heavy atom. The van der Waals surface area contributed by atoms with Crippen molar-refractivity contribution in [2.24, 2.45) is 0 Å². The maximum atomic E-state index is 8.39. The van der Waals surface area contributed by atoms with Gasteiger partial charge in [-0.1, -0.05) is 77.9 Å². The Morgan fingerprint density at radius 3 is 1.44 bits per heavy atom. The van der Waals surface area contributed by atoms with E-state index in [4.69, 9.17) is 13.6 Å². The summed E-state index contributed by atoms with van der Waals surface area (Å²) in [5, 5.41) is 2.10. The summed E-state index contributed by atoms with van der Waals surface area (Å²) in [4.78, 5) is 17.4. The number of hydrogen-bond donors (Lipinski definition) is 0. The highest BCUT2D eigenvalue weighted by Gasteiger charge is 2.28. The predicted molar refractivity (Wildman–Crippen MR) is 251 cm³/mol. The van der Waals surface area contributed by atoms with Gasteiger partial charge in [0.15, 0.2) is 0 Å². The first-order chi connectivity index (χ1) is 30.5. The number of fused-ring (bicyclic) bond motifs is 5. The van der Waals surface area contributed by atoms with Crippen LogP contribution in [0, 0.1) is 0 Å². The molecule has 0 amide bonds. The second-order valence-electron chi connectivity index (χ2n) is 18.1. The molecule has 0 N–H and O–H groups in total. The van der Waals surface area contributed by atoms with Crippen LogP contribution in [0.2, 0.25) is 0 Å². The number of anilines is 6. The van der Waals surface area contributed by atoms with Gasteiger partial charge in [0.25, 0.3) is 0 Å². The van der Waals surface area contributed by atoms with Gasteiger partial charge in [-0.3, -0.25) is 0 Å². The molecule has 0 aliphatic carbocycles. The number of benzene rings is 5. The van der Waals surface area contributed by atoms with Gasteiger partial charge in [-0.15, -0.1) is 0 Å². The highest BCUT2D eigenvalue weighted by Crippen LogP contribution is 2.45. The van der Waals surface area contributed by atoms with E-state index in [1.165, 1.54) is 10.6 Å². The SMILES string of the molecule is [2H]C([2H])([2H])N1CN(c2ccc3c4ccc(N5CN(C)c6ccccc65)cc4n(-c4cc(Oc5cc(C(C)(C)C)ccn5)cc(Oc5cc(C(C)(C)C)ccn5)c4)c3c2)c2ccccc21. The second-order valence-corrected chi connectivity index (χ2v) is 18.1. The largest absolute Gasteiger partial charge is 0.439 e. The molecule has 0 saturated carbocycles. The highest BCUT2D eigenvalue weighted by molar-refractivity contribution is 6.11. The van der Waals surface area contributed by atoms with E-state index >= 15 is 0 Å². The minimum Gasteiger partial charge on any atom is -0.439 e. The molecule has 0 unspecified atom stereocenters. The average molecular weight is 809 g/mol. The summed E-state index contributed by atoms with van der Waals surface area (Å²) in [5.41, 5.74) is 10.4. The molecule has 10 rings (SSSR count). The minimum atomic E-state index is -2.32. The standard InChI is InChI=1S/C52H51N7O2/c1-51(2,3)34-21-23-53-49(25-34)60-39-27-38(28-40(31-39)61-50-26-35(22-24-54-50)52(4,5)6)59-47-29-36(57-32-55(7)43-13-9-11-15-45(43)57)17-19-41(47)42-20-18-37(30-48(42)59)58-33-56(8)44-14-10-12-16-46(44)58/h9-31H,32-33H2,1-8H3/i7D3. The van der Waals surface area contributed by atoms with Crippen LogP contribution in [0.5, 0.6) is 23.3 Å². The molecule has 0 atom stereocenters. The molecule has 61 heavy (non-hydrogen) atoms. The molecule has 2 aliphatic rings. The van der Waals surface area contributed by atoms with Crippen molar-refractivity contribution in [2.45, 2.75) is 52.4 Å². The summed E-state index contributed by atoms with van der Waals surface area (Å²) in [5.74, 6) is 2.02. The quantitative estimate of drug-likeness (QED) is 0.158. The lowest BCUT2D eigenvalue weighted by Crippen LogP contribution is -2.23. The molecule has 5 heterocycles. The average Bonchev–Trinajstić information content (AvgIpc) is 3.92. The normalized spacial score (nSPS) is 14.9. The van der Waals surface area contributed by atoms with Gasteiger partial charge in [-0.05, 0) is 82.6 Å². The fraction of sp³-hybridized carbons (Fsp3) is 0.231. The van der Waals surface area contributed by atoms with Crippen LogP contribution in [-0.2, 0) is 10.8 Å². The van der Waals surface area contributed by atoms with Crippen LogP contribution in [0.3, 0.4) is 0 Å². The Labute approximate surface area is 362 Å². The van der Waals surface area contributed by atoms with Crippen molar-refractivity contribution < 1.29 is 13.6 Å². The number of rotatable bonds is 7. The molecule has 2 aliphatic heterocycles. The first kappa shape index (κ1) is 34.8. The Hall–Kier alpha value is -7.00. The number of nitrogens with zero attached hydrogens (tertiary/aromatic N) is 7. The summed E-state index contributed by atoms with van der Waals surface area (Å²) in [6.45, 7) is 11.6. The summed E-state index contributed by atoms with van der Waals surface area (Å²) in [6, 6.07) is 43.1. The van der Waals surface area contributed by atoms with Crippen LogP contribution in [0.1, 0.15) is 56.8 Å². The summed E-state index contributed by atoms with van der Waals surface area (Å²) in [7, 11) is 2.12. The predicted octanol–water partition coefficient (Wildman–Crippen LogP) is 12.8. The monoisotopic (exact) mass is 808 g/mol. The van der Waals surface area contributed by atoms with E-state index in [2.05, 4.69) is 138 Å². The van der Waals surface area contributed by atoms with Gasteiger partial charge in [0, 0.05) is 83.0 Å². The fourth-order valence-electron chi connectivity index (χ4n) is 8.55. The molecule has 9 heteroatoms. The van der Waals surface area contributed by atoms with Crippen molar-refractivity contribution in [1.82, 2.24) is 14.5 Å². The van der Waals surface area contributed by atoms with E-state index in [1.807, 2.05) is 66.7 Å². The van der Waals surface area contributed by atoms with Crippen LogP contribution in [0.4, 0.5) is 34.1 Å². The third-order valence-electron chi connectivity index (χ3n) is 11.8. The van der Waals surface area contributed by atoms with E-state index < -0.39 is 6.98 Å². The first-order valence-corrected chi connectivity index (χ1v) is 20.7. The molecular weight excluding hydrogens is 755 g/mol. The molecule has 0 spiro atoms. The van der Waals surface area contributed by atoms with Gasteiger partial charge in [0.05, 0.1) is 52.8 Å². The van der Waals surface area contributed by atoms with Crippen LogP contribution in [0.15, 0.2) is 140 Å². The zero-order valence-electron chi connectivity index (χ0n) is 38.6. The summed E-state index contributed by atoms with van der Waals surface area (Å²) >= 11 is 0. The van der Waals surface area contributed by atoms with Gasteiger partial charge in [-0.25, -0.2) is 9.97 Å². The Kier molecular flexibility index (Phi) is 8.18. The molecule has 8 aromatic rings. The van der Waals surface area contributed by atoms with E-state index in [0.717, 1.165) is 61.4 Å². The van der Waals surface area contributed by atoms with Crippen molar-refractivity contribution >= 4 is 55.9 Å². The number of ether oxygens (including phenoxy) is 2. The molecule has 3 aromatic heterocycles. The van der Waals surface area contributed by atoms with E-state index in [1.54, 1.807) is 12.4 Å². The molecule has 0 bridgehead atoms. The van der Waals surface area contributed by atoms with Gasteiger partial charge in [-0.2, -0.15) is 0 Å². The van der Waals surface area contributed by atoms with Gasteiger partial charge >= 0.3 is 0 Å². The third kappa shape index (κ3) is 6.93. The maximum absolute atomic E-state index is 8.39. The van der Waals surface area contributed by atoms with Crippen molar-refractivity contribution in [3.05, 3.63) is 151 Å². The van der Waals surface area contributed by atoms with E-state index in [0.29, 0.717) is 35.6 Å².